The molecule has 5 rings (SSSR count). The van der Waals surface area contributed by atoms with Gasteiger partial charge in [0.1, 0.15) is 35.4 Å². The molecule has 2 aliphatic heterocycles. The van der Waals surface area contributed by atoms with Crippen LogP contribution in [0.25, 0.3) is 11.0 Å². The van der Waals surface area contributed by atoms with Crippen LogP contribution in [0.1, 0.15) is 44.0 Å². The highest BCUT2D eigenvalue weighted by Crippen LogP contribution is 2.42. The van der Waals surface area contributed by atoms with Gasteiger partial charge in [-0.05, 0) is 37.1 Å². The van der Waals surface area contributed by atoms with Crippen LogP contribution >= 0.6 is 0 Å². The van der Waals surface area contributed by atoms with E-state index in [4.69, 9.17) is 4.74 Å². The summed E-state index contributed by atoms with van der Waals surface area (Å²) >= 11 is 0. The molecule has 0 amide bonds. The second-order valence-electron chi connectivity index (χ2n) is 9.27. The van der Waals surface area contributed by atoms with E-state index in [1.807, 2.05) is 24.8 Å². The van der Waals surface area contributed by atoms with Gasteiger partial charge < -0.3 is 14.2 Å². The van der Waals surface area contributed by atoms with Crippen LogP contribution in [0.2, 0.25) is 0 Å². The molecule has 0 N–H and O–H groups in total. The number of aryl methyl sites for hydroxylation is 1. The van der Waals surface area contributed by atoms with E-state index in [0.29, 0.717) is 42.7 Å². The predicted octanol–water partition coefficient (Wildman–Crippen LogP) is 4.04. The summed E-state index contributed by atoms with van der Waals surface area (Å²) in [6.07, 6.45) is 1.04. The Kier molecular flexibility index (Phi) is 6.12. The molecule has 1 saturated heterocycles. The van der Waals surface area contributed by atoms with Crippen LogP contribution in [0.5, 0.6) is 5.75 Å². The SMILES string of the molecule is CCC(c1c(F)ccc(F)c1F)N1C[C@H]2COc3c(c4nc(C#N)ccc4n(C)c3=O)N2C[C@H]1CC. The average Bonchev–Trinajstić information content (AvgIpc) is 2.90. The normalized spacial score (nSPS) is 20.4. The Morgan fingerprint density at radius 1 is 1.17 bits per heavy atom. The third kappa shape index (κ3) is 3.61. The largest absolute Gasteiger partial charge is 0.484 e. The molecule has 7 nitrogen and oxygen atoms in total. The number of anilines is 1. The molecule has 0 spiro atoms. The van der Waals surface area contributed by atoms with Gasteiger partial charge in [-0.1, -0.05) is 13.8 Å². The van der Waals surface area contributed by atoms with Crippen LogP contribution in [0.3, 0.4) is 0 Å². The van der Waals surface area contributed by atoms with E-state index < -0.39 is 23.5 Å². The quantitative estimate of drug-likeness (QED) is 0.507. The van der Waals surface area contributed by atoms with Crippen LogP contribution in [0.15, 0.2) is 29.1 Å². The van der Waals surface area contributed by atoms with Crippen molar-refractivity contribution in [1.82, 2.24) is 14.5 Å². The molecule has 3 atom stereocenters. The van der Waals surface area contributed by atoms with Crippen molar-refractivity contribution in [3.05, 3.63) is 63.3 Å². The Balaban J connectivity index is 1.61. The van der Waals surface area contributed by atoms with Crippen molar-refractivity contribution in [3.8, 4) is 11.8 Å². The zero-order valence-corrected chi connectivity index (χ0v) is 20.3. The van der Waals surface area contributed by atoms with Crippen LogP contribution in [0.4, 0.5) is 18.9 Å². The van der Waals surface area contributed by atoms with Crippen molar-refractivity contribution in [2.24, 2.45) is 7.05 Å². The fourth-order valence-electron chi connectivity index (χ4n) is 5.59. The van der Waals surface area contributed by atoms with Gasteiger partial charge in [0.2, 0.25) is 5.75 Å². The van der Waals surface area contributed by atoms with Crippen LogP contribution in [-0.4, -0.2) is 46.2 Å². The predicted molar refractivity (Wildman–Crippen MR) is 128 cm³/mol. The highest BCUT2D eigenvalue weighted by Gasteiger charge is 2.43. The second-order valence-corrected chi connectivity index (χ2v) is 9.27. The summed E-state index contributed by atoms with van der Waals surface area (Å²) in [6.45, 7) is 4.85. The molecule has 4 heterocycles. The van der Waals surface area contributed by atoms with Gasteiger partial charge in [0, 0.05) is 37.8 Å². The summed E-state index contributed by atoms with van der Waals surface area (Å²) in [7, 11) is 1.63. The molecule has 0 bridgehead atoms. The molecule has 2 aliphatic rings. The third-order valence-electron chi connectivity index (χ3n) is 7.41. The highest BCUT2D eigenvalue weighted by molar-refractivity contribution is 5.93. The molecular weight excluding hydrogens is 471 g/mol. The maximum atomic E-state index is 14.8. The number of nitriles is 1. The number of hydrogen-bond donors (Lipinski definition) is 0. The van der Waals surface area contributed by atoms with Crippen molar-refractivity contribution in [1.29, 1.82) is 5.26 Å². The molecule has 10 heteroatoms. The lowest BCUT2D eigenvalue weighted by Gasteiger charge is -2.51. The first kappa shape index (κ1) is 24.1. The number of fused-ring (bicyclic) bond motifs is 5. The van der Waals surface area contributed by atoms with Gasteiger partial charge in [-0.2, -0.15) is 5.26 Å². The van der Waals surface area contributed by atoms with Crippen LogP contribution in [-0.2, 0) is 7.05 Å². The van der Waals surface area contributed by atoms with E-state index in [0.717, 1.165) is 12.1 Å². The molecule has 1 unspecified atom stereocenters. The van der Waals surface area contributed by atoms with Crippen molar-refractivity contribution in [2.75, 3.05) is 24.6 Å². The Hall–Kier alpha value is -3.58. The minimum atomic E-state index is -1.16. The van der Waals surface area contributed by atoms with E-state index in [2.05, 4.69) is 9.88 Å². The highest BCUT2D eigenvalue weighted by atomic mass is 19.2. The Bertz CT molecular complexity index is 1450. The second kappa shape index (κ2) is 9.13. The molecule has 1 aromatic carbocycles. The molecule has 0 radical (unpaired) electrons. The van der Waals surface area contributed by atoms with Crippen molar-refractivity contribution in [3.63, 3.8) is 0 Å². The lowest BCUT2D eigenvalue weighted by Crippen LogP contribution is -2.62. The van der Waals surface area contributed by atoms with E-state index in [1.54, 1.807) is 19.2 Å². The third-order valence-corrected chi connectivity index (χ3v) is 7.41. The first-order valence-corrected chi connectivity index (χ1v) is 12.0. The van der Waals surface area contributed by atoms with Crippen molar-refractivity contribution in [2.45, 2.75) is 44.8 Å². The van der Waals surface area contributed by atoms with Gasteiger partial charge in [-0.15, -0.1) is 0 Å². The Morgan fingerprint density at radius 3 is 2.61 bits per heavy atom. The topological polar surface area (TPSA) is 74.4 Å². The van der Waals surface area contributed by atoms with Crippen LogP contribution in [0, 0.1) is 28.8 Å². The summed E-state index contributed by atoms with van der Waals surface area (Å²) in [5, 5.41) is 9.41. The number of benzene rings is 1. The number of aromatic nitrogens is 2. The summed E-state index contributed by atoms with van der Waals surface area (Å²) < 4.78 is 51.0. The lowest BCUT2D eigenvalue weighted by atomic mass is 9.94. The number of hydrogen-bond acceptors (Lipinski definition) is 6. The van der Waals surface area contributed by atoms with E-state index in [-0.39, 0.29) is 41.3 Å². The van der Waals surface area contributed by atoms with E-state index in [1.165, 1.54) is 4.57 Å². The summed E-state index contributed by atoms with van der Waals surface area (Å²) in [5.74, 6) is -2.83. The number of ether oxygens (including phenoxy) is 1. The molecule has 1 fully saturated rings. The molecule has 3 aromatic rings. The van der Waals surface area contributed by atoms with Gasteiger partial charge in [-0.3, -0.25) is 9.69 Å². The smallest absolute Gasteiger partial charge is 0.295 e. The summed E-state index contributed by atoms with van der Waals surface area (Å²) in [4.78, 5) is 21.7. The number of rotatable bonds is 4. The minimum Gasteiger partial charge on any atom is -0.484 e. The van der Waals surface area contributed by atoms with Gasteiger partial charge in [0.05, 0.1) is 11.6 Å². The number of halogens is 3. The fourth-order valence-corrected chi connectivity index (χ4v) is 5.59. The minimum absolute atomic E-state index is 0.141. The number of piperazine rings is 1. The zero-order chi connectivity index (χ0) is 25.7. The Morgan fingerprint density at radius 2 is 1.92 bits per heavy atom. The zero-order valence-electron chi connectivity index (χ0n) is 20.3. The maximum Gasteiger partial charge on any atom is 0.295 e. The molecule has 0 saturated carbocycles. The van der Waals surface area contributed by atoms with Gasteiger partial charge in [0.15, 0.2) is 11.6 Å². The number of pyridine rings is 2. The monoisotopic (exact) mass is 497 g/mol. The summed E-state index contributed by atoms with van der Waals surface area (Å²) in [6, 6.07) is 6.03. The molecule has 188 valence electrons. The van der Waals surface area contributed by atoms with Crippen molar-refractivity contribution >= 4 is 16.7 Å². The Labute approximate surface area is 206 Å². The maximum absolute atomic E-state index is 14.8. The van der Waals surface area contributed by atoms with E-state index >= 15 is 0 Å². The first-order valence-electron chi connectivity index (χ1n) is 12.0. The summed E-state index contributed by atoms with van der Waals surface area (Å²) in [5.41, 5.74) is 1.27. The molecular formula is C26H26F3N5O2. The van der Waals surface area contributed by atoms with Gasteiger partial charge in [0.25, 0.3) is 5.56 Å². The first-order chi connectivity index (χ1) is 17.3. The van der Waals surface area contributed by atoms with Crippen LogP contribution < -0.4 is 15.2 Å². The van der Waals surface area contributed by atoms with Gasteiger partial charge >= 0.3 is 0 Å². The molecule has 36 heavy (non-hydrogen) atoms. The average molecular weight is 498 g/mol. The number of nitrogens with zero attached hydrogens (tertiary/aromatic N) is 5. The standard InChI is InChI=1S/C26H26F3N5O2/c1-4-15-11-34-16(12-33(15)19(5-2)21-17(27)7-8-18(28)22(21)29)13-36-25-24(34)23-20(32(3)26(25)35)9-6-14(10-30)31-23/h6-9,15-16,19H,4-5,11-13H2,1-3H3/t15-,16+,19?/m1/s1. The van der Waals surface area contributed by atoms with Crippen molar-refractivity contribution < 1.29 is 17.9 Å². The lowest BCUT2D eigenvalue weighted by molar-refractivity contribution is 0.0685. The molecule has 2 aromatic heterocycles. The van der Waals surface area contributed by atoms with E-state index in [9.17, 15) is 23.2 Å². The molecule has 0 aliphatic carbocycles. The van der Waals surface area contributed by atoms with Gasteiger partial charge in [-0.25, -0.2) is 18.2 Å². The fraction of sp³-hybridized carbons (Fsp3) is 0.423.